The molecule has 1 heterocycles. The summed E-state index contributed by atoms with van der Waals surface area (Å²) in [5, 5.41) is 6.34. The van der Waals surface area contributed by atoms with Gasteiger partial charge in [0.25, 0.3) is 5.24 Å². The van der Waals surface area contributed by atoms with E-state index in [0.717, 1.165) is 28.6 Å². The number of nitrogens with zero attached hydrogens (tertiary/aromatic N) is 1. The highest BCUT2D eigenvalue weighted by atomic mass is 35.5. The highest BCUT2D eigenvalue weighted by molar-refractivity contribution is 8.15. The van der Waals surface area contributed by atoms with Crippen LogP contribution >= 0.6 is 23.4 Å². The molecule has 8 heteroatoms. The fraction of sp³-hybridized carbons (Fsp3) is 0.250. The van der Waals surface area contributed by atoms with E-state index in [1.807, 2.05) is 49.4 Å². The topological polar surface area (TPSA) is 77.0 Å². The molecule has 2 amide bonds. The molecule has 2 aromatic carbocycles. The first-order valence-corrected chi connectivity index (χ1v) is 9.93. The Labute approximate surface area is 172 Å². The van der Waals surface area contributed by atoms with Crippen molar-refractivity contribution in [2.24, 2.45) is 5.16 Å². The lowest BCUT2D eigenvalue weighted by atomic mass is 10.1. The summed E-state index contributed by atoms with van der Waals surface area (Å²) >= 11 is 6.99. The summed E-state index contributed by atoms with van der Waals surface area (Å²) in [6, 6.07) is 14.8. The fourth-order valence-electron chi connectivity index (χ4n) is 2.57. The SMILES string of the molecule is C/C(=N/OCCOc1ccc(CC2SC(=O)NC2=O)cc1)c1cccc(Cl)c1. The van der Waals surface area contributed by atoms with Crippen LogP contribution < -0.4 is 10.1 Å². The third-order valence-corrected chi connectivity index (χ3v) is 5.22. The molecule has 1 aliphatic rings. The summed E-state index contributed by atoms with van der Waals surface area (Å²) < 4.78 is 5.62. The molecule has 0 radical (unpaired) electrons. The Morgan fingerprint density at radius 2 is 1.96 bits per heavy atom. The predicted octanol–water partition coefficient (Wildman–Crippen LogP) is 4.05. The third-order valence-electron chi connectivity index (χ3n) is 4.00. The second-order valence-electron chi connectivity index (χ2n) is 6.10. The van der Waals surface area contributed by atoms with Gasteiger partial charge in [-0.25, -0.2) is 0 Å². The minimum atomic E-state index is -0.367. The molecule has 0 spiro atoms. The second kappa shape index (κ2) is 9.61. The van der Waals surface area contributed by atoms with E-state index in [2.05, 4.69) is 10.5 Å². The van der Waals surface area contributed by atoms with E-state index in [1.165, 1.54) is 0 Å². The van der Waals surface area contributed by atoms with Crippen LogP contribution in [0.4, 0.5) is 4.79 Å². The number of ether oxygens (including phenoxy) is 1. The van der Waals surface area contributed by atoms with Crippen molar-refractivity contribution in [1.29, 1.82) is 0 Å². The maximum Gasteiger partial charge on any atom is 0.286 e. The average molecular weight is 419 g/mol. The first-order valence-electron chi connectivity index (χ1n) is 8.67. The zero-order chi connectivity index (χ0) is 19.9. The number of rotatable bonds is 8. The van der Waals surface area contributed by atoms with E-state index >= 15 is 0 Å². The first kappa shape index (κ1) is 20.2. The van der Waals surface area contributed by atoms with Gasteiger partial charge >= 0.3 is 0 Å². The Balaban J connectivity index is 1.41. The molecule has 2 aromatic rings. The summed E-state index contributed by atoms with van der Waals surface area (Å²) in [5.74, 6) is 0.462. The smallest absolute Gasteiger partial charge is 0.286 e. The highest BCUT2D eigenvalue weighted by Gasteiger charge is 2.31. The molecule has 1 unspecified atom stereocenters. The third kappa shape index (κ3) is 5.74. The van der Waals surface area contributed by atoms with Gasteiger partial charge in [0.05, 0.1) is 11.0 Å². The fourth-order valence-corrected chi connectivity index (χ4v) is 3.62. The molecule has 1 N–H and O–H groups in total. The van der Waals surface area contributed by atoms with Crippen molar-refractivity contribution in [3.63, 3.8) is 0 Å². The summed E-state index contributed by atoms with van der Waals surface area (Å²) in [6.45, 7) is 2.50. The number of oxime groups is 1. The quantitative estimate of drug-likeness (QED) is 0.397. The van der Waals surface area contributed by atoms with E-state index < -0.39 is 0 Å². The number of benzene rings is 2. The molecule has 0 aromatic heterocycles. The molecule has 1 saturated heterocycles. The first-order chi connectivity index (χ1) is 13.5. The summed E-state index contributed by atoms with van der Waals surface area (Å²) in [7, 11) is 0. The number of halogens is 1. The number of amides is 2. The standard InChI is InChI=1S/C20H19ClN2O4S/c1-13(15-3-2-4-16(21)12-15)23-27-10-9-26-17-7-5-14(6-8-17)11-18-19(24)22-20(25)28-18/h2-8,12,18H,9-11H2,1H3,(H,22,24,25)/b23-13-. The monoisotopic (exact) mass is 418 g/mol. The number of carbonyl (C=O) groups is 2. The molecular weight excluding hydrogens is 400 g/mol. The summed E-state index contributed by atoms with van der Waals surface area (Å²) in [6.07, 6.45) is 0.503. The van der Waals surface area contributed by atoms with Gasteiger partial charge in [-0.2, -0.15) is 0 Å². The molecule has 0 saturated carbocycles. The van der Waals surface area contributed by atoms with E-state index in [0.29, 0.717) is 30.4 Å². The molecule has 1 fully saturated rings. The second-order valence-corrected chi connectivity index (χ2v) is 7.71. The van der Waals surface area contributed by atoms with Crippen LogP contribution in [0.25, 0.3) is 0 Å². The van der Waals surface area contributed by atoms with Crippen LogP contribution in [0.15, 0.2) is 53.7 Å². The van der Waals surface area contributed by atoms with Crippen LogP contribution in [-0.4, -0.2) is 35.3 Å². The Hall–Kier alpha value is -2.51. The van der Waals surface area contributed by atoms with Gasteiger partial charge in [0.2, 0.25) is 5.91 Å². The van der Waals surface area contributed by atoms with E-state index in [4.69, 9.17) is 21.2 Å². The van der Waals surface area contributed by atoms with Gasteiger partial charge in [0.1, 0.15) is 12.4 Å². The zero-order valence-corrected chi connectivity index (χ0v) is 16.8. The Morgan fingerprint density at radius 3 is 2.64 bits per heavy atom. The van der Waals surface area contributed by atoms with E-state index in [-0.39, 0.29) is 16.4 Å². The van der Waals surface area contributed by atoms with E-state index in [9.17, 15) is 9.59 Å². The van der Waals surface area contributed by atoms with Gasteiger partial charge in [0, 0.05) is 10.6 Å². The van der Waals surface area contributed by atoms with Crippen molar-refractivity contribution >= 4 is 40.2 Å². The number of nitrogens with one attached hydrogen (secondary N) is 1. The lowest BCUT2D eigenvalue weighted by Crippen LogP contribution is -2.25. The molecule has 6 nitrogen and oxygen atoms in total. The highest BCUT2D eigenvalue weighted by Crippen LogP contribution is 2.23. The van der Waals surface area contributed by atoms with Gasteiger partial charge in [-0.15, -0.1) is 0 Å². The molecular formula is C20H19ClN2O4S. The molecule has 3 rings (SSSR count). The van der Waals surface area contributed by atoms with Gasteiger partial charge in [-0.05, 0) is 43.2 Å². The Morgan fingerprint density at radius 1 is 1.18 bits per heavy atom. The van der Waals surface area contributed by atoms with Crippen molar-refractivity contribution in [2.45, 2.75) is 18.6 Å². The number of hydrogen-bond acceptors (Lipinski definition) is 6. The van der Waals surface area contributed by atoms with Crippen molar-refractivity contribution < 1.29 is 19.2 Å². The predicted molar refractivity (Wildman–Crippen MR) is 110 cm³/mol. The summed E-state index contributed by atoms with van der Waals surface area (Å²) in [5.41, 5.74) is 2.60. The molecule has 28 heavy (non-hydrogen) atoms. The maximum atomic E-state index is 11.6. The molecule has 0 bridgehead atoms. The summed E-state index contributed by atoms with van der Waals surface area (Å²) in [4.78, 5) is 28.1. The minimum absolute atomic E-state index is 0.235. The Bertz CT molecular complexity index is 886. The van der Waals surface area contributed by atoms with Crippen LogP contribution in [0.3, 0.4) is 0 Å². The van der Waals surface area contributed by atoms with Crippen molar-refractivity contribution in [3.8, 4) is 5.75 Å². The number of carbonyl (C=O) groups excluding carboxylic acids is 2. The molecule has 146 valence electrons. The van der Waals surface area contributed by atoms with Crippen LogP contribution in [0.2, 0.25) is 5.02 Å². The van der Waals surface area contributed by atoms with E-state index in [1.54, 1.807) is 6.07 Å². The lowest BCUT2D eigenvalue weighted by molar-refractivity contribution is -0.118. The Kier molecular flexibility index (Phi) is 6.95. The number of imide groups is 1. The van der Waals surface area contributed by atoms with Gasteiger partial charge in [-0.1, -0.05) is 52.8 Å². The van der Waals surface area contributed by atoms with Crippen molar-refractivity contribution in [3.05, 3.63) is 64.7 Å². The van der Waals surface area contributed by atoms with Crippen LogP contribution in [0.1, 0.15) is 18.1 Å². The average Bonchev–Trinajstić information content (AvgIpc) is 2.99. The van der Waals surface area contributed by atoms with Crippen LogP contribution in [0, 0.1) is 0 Å². The van der Waals surface area contributed by atoms with Crippen LogP contribution in [-0.2, 0) is 16.1 Å². The van der Waals surface area contributed by atoms with Gasteiger partial charge < -0.3 is 9.57 Å². The molecule has 1 atom stereocenters. The number of thioether (sulfide) groups is 1. The molecule has 1 aliphatic heterocycles. The number of hydrogen-bond donors (Lipinski definition) is 1. The van der Waals surface area contributed by atoms with Crippen molar-refractivity contribution in [1.82, 2.24) is 5.32 Å². The largest absolute Gasteiger partial charge is 0.490 e. The van der Waals surface area contributed by atoms with Crippen LogP contribution in [0.5, 0.6) is 5.75 Å². The zero-order valence-electron chi connectivity index (χ0n) is 15.2. The lowest BCUT2D eigenvalue weighted by Gasteiger charge is -2.08. The minimum Gasteiger partial charge on any atom is -0.490 e. The van der Waals surface area contributed by atoms with Gasteiger partial charge in [0.15, 0.2) is 6.61 Å². The molecule has 0 aliphatic carbocycles. The van der Waals surface area contributed by atoms with Gasteiger partial charge in [-0.3, -0.25) is 14.9 Å². The van der Waals surface area contributed by atoms with Crippen molar-refractivity contribution in [2.75, 3.05) is 13.2 Å². The normalized spacial score (nSPS) is 16.8. The maximum absolute atomic E-state index is 11.6.